The maximum Gasteiger partial charge on any atom is 0.0591 e. The lowest BCUT2D eigenvalue weighted by Gasteiger charge is -2.02. The van der Waals surface area contributed by atoms with E-state index >= 15 is 0 Å². The van der Waals surface area contributed by atoms with Crippen molar-refractivity contribution in [3.05, 3.63) is 63.6 Å². The summed E-state index contributed by atoms with van der Waals surface area (Å²) < 4.78 is 0. The zero-order chi connectivity index (χ0) is 13.0. The van der Waals surface area contributed by atoms with Crippen molar-refractivity contribution in [2.45, 2.75) is 6.92 Å². The molecular formula is C14H12Cl2N2. The van der Waals surface area contributed by atoms with Crippen molar-refractivity contribution < 1.29 is 0 Å². The topological polar surface area (TPSA) is 24.4 Å². The lowest BCUT2D eigenvalue weighted by Crippen LogP contribution is -1.92. The van der Waals surface area contributed by atoms with Crippen molar-refractivity contribution in [2.75, 3.05) is 5.43 Å². The van der Waals surface area contributed by atoms with E-state index in [1.165, 1.54) is 5.56 Å². The summed E-state index contributed by atoms with van der Waals surface area (Å²) in [6, 6.07) is 13.2. The molecule has 4 heteroatoms. The predicted molar refractivity (Wildman–Crippen MR) is 78.9 cm³/mol. The Bertz CT molecular complexity index is 560. The number of anilines is 1. The van der Waals surface area contributed by atoms with Gasteiger partial charge in [-0.2, -0.15) is 5.10 Å². The molecule has 0 heterocycles. The molecule has 92 valence electrons. The number of aryl methyl sites for hydroxylation is 1. The van der Waals surface area contributed by atoms with Crippen LogP contribution in [0.4, 0.5) is 5.69 Å². The number of hydrazone groups is 1. The number of nitrogens with one attached hydrogen (secondary N) is 1. The van der Waals surface area contributed by atoms with Crippen molar-refractivity contribution in [3.8, 4) is 0 Å². The second-order valence-electron chi connectivity index (χ2n) is 3.88. The highest BCUT2D eigenvalue weighted by molar-refractivity contribution is 6.35. The van der Waals surface area contributed by atoms with Crippen LogP contribution in [0.25, 0.3) is 0 Å². The summed E-state index contributed by atoms with van der Waals surface area (Å²) in [5.74, 6) is 0. The first-order valence-corrected chi connectivity index (χ1v) is 6.21. The fraction of sp³-hybridized carbons (Fsp3) is 0.0714. The molecule has 0 aliphatic rings. The third-order valence-electron chi connectivity index (χ3n) is 2.45. The number of hydrogen-bond donors (Lipinski definition) is 1. The van der Waals surface area contributed by atoms with Crippen molar-refractivity contribution in [2.24, 2.45) is 5.10 Å². The van der Waals surface area contributed by atoms with Crippen LogP contribution in [0.3, 0.4) is 0 Å². The Morgan fingerprint density at radius 1 is 1.06 bits per heavy atom. The molecule has 0 aliphatic heterocycles. The Morgan fingerprint density at radius 3 is 2.39 bits per heavy atom. The van der Waals surface area contributed by atoms with Crippen LogP contribution in [-0.2, 0) is 0 Å². The van der Waals surface area contributed by atoms with Gasteiger partial charge in [0.15, 0.2) is 0 Å². The number of rotatable bonds is 3. The average molecular weight is 279 g/mol. The molecular weight excluding hydrogens is 267 g/mol. The molecule has 18 heavy (non-hydrogen) atoms. The molecule has 2 nitrogen and oxygen atoms in total. The molecule has 0 radical (unpaired) electrons. The molecule has 2 aromatic carbocycles. The highest BCUT2D eigenvalue weighted by atomic mass is 35.5. The monoisotopic (exact) mass is 278 g/mol. The van der Waals surface area contributed by atoms with E-state index in [9.17, 15) is 0 Å². The molecule has 0 atom stereocenters. The summed E-state index contributed by atoms with van der Waals surface area (Å²) >= 11 is 11.8. The predicted octanol–water partition coefficient (Wildman–Crippen LogP) is 4.75. The maximum atomic E-state index is 5.89. The summed E-state index contributed by atoms with van der Waals surface area (Å²) in [4.78, 5) is 0. The number of benzene rings is 2. The van der Waals surface area contributed by atoms with E-state index < -0.39 is 0 Å². The third-order valence-corrected chi connectivity index (χ3v) is 2.88. The number of nitrogens with zero attached hydrogens (tertiary/aromatic N) is 1. The molecule has 0 amide bonds. The van der Waals surface area contributed by atoms with E-state index in [4.69, 9.17) is 23.2 Å². The molecule has 0 bridgehead atoms. The second kappa shape index (κ2) is 5.89. The van der Waals surface area contributed by atoms with Gasteiger partial charge in [0.1, 0.15) is 0 Å². The molecule has 0 unspecified atom stereocenters. The van der Waals surface area contributed by atoms with E-state index in [0.717, 1.165) is 11.3 Å². The standard InChI is InChI=1S/C14H12Cl2N2/c1-10-4-2-3-5-11(10)9-17-18-14-7-12(15)6-13(16)8-14/h2-9,18H,1H3/b17-9+. The molecule has 0 saturated heterocycles. The van der Waals surface area contributed by atoms with Crippen LogP contribution in [0.1, 0.15) is 11.1 Å². The van der Waals surface area contributed by atoms with Gasteiger partial charge in [-0.05, 0) is 36.2 Å². The Morgan fingerprint density at radius 2 is 1.72 bits per heavy atom. The summed E-state index contributed by atoms with van der Waals surface area (Å²) in [7, 11) is 0. The first-order valence-electron chi connectivity index (χ1n) is 5.46. The van der Waals surface area contributed by atoms with Crippen LogP contribution in [0.5, 0.6) is 0 Å². The number of hydrogen-bond acceptors (Lipinski definition) is 2. The van der Waals surface area contributed by atoms with Gasteiger partial charge in [0.05, 0.1) is 11.9 Å². The zero-order valence-corrected chi connectivity index (χ0v) is 11.3. The van der Waals surface area contributed by atoms with Crippen molar-refractivity contribution in [3.63, 3.8) is 0 Å². The molecule has 0 spiro atoms. The fourth-order valence-corrected chi connectivity index (χ4v) is 2.05. The van der Waals surface area contributed by atoms with Crippen molar-refractivity contribution >= 4 is 35.1 Å². The van der Waals surface area contributed by atoms with E-state index in [1.807, 2.05) is 31.2 Å². The molecule has 0 fully saturated rings. The minimum atomic E-state index is 0.580. The second-order valence-corrected chi connectivity index (χ2v) is 4.76. The average Bonchev–Trinajstić information content (AvgIpc) is 2.30. The van der Waals surface area contributed by atoms with Crippen LogP contribution >= 0.6 is 23.2 Å². The third kappa shape index (κ3) is 3.49. The van der Waals surface area contributed by atoms with E-state index in [0.29, 0.717) is 10.0 Å². The largest absolute Gasteiger partial charge is 0.278 e. The van der Waals surface area contributed by atoms with Gasteiger partial charge in [0, 0.05) is 10.0 Å². The zero-order valence-electron chi connectivity index (χ0n) is 9.82. The highest BCUT2D eigenvalue weighted by Gasteiger charge is 1.96. The van der Waals surface area contributed by atoms with Crippen LogP contribution in [0, 0.1) is 6.92 Å². The van der Waals surface area contributed by atoms with Crippen LogP contribution in [0.2, 0.25) is 10.0 Å². The van der Waals surface area contributed by atoms with Gasteiger partial charge in [-0.25, -0.2) is 0 Å². The minimum absolute atomic E-state index is 0.580. The quantitative estimate of drug-likeness (QED) is 0.636. The molecule has 0 aliphatic carbocycles. The Labute approximate surface area is 116 Å². The highest BCUT2D eigenvalue weighted by Crippen LogP contribution is 2.22. The minimum Gasteiger partial charge on any atom is -0.278 e. The van der Waals surface area contributed by atoms with Crippen LogP contribution in [0.15, 0.2) is 47.6 Å². The molecule has 0 aromatic heterocycles. The van der Waals surface area contributed by atoms with E-state index in [-0.39, 0.29) is 0 Å². The lowest BCUT2D eigenvalue weighted by atomic mass is 10.1. The molecule has 0 saturated carbocycles. The first-order chi connectivity index (χ1) is 8.65. The van der Waals surface area contributed by atoms with Crippen molar-refractivity contribution in [1.82, 2.24) is 0 Å². The lowest BCUT2D eigenvalue weighted by molar-refractivity contribution is 1.34. The normalized spacial score (nSPS) is 10.8. The van der Waals surface area contributed by atoms with Gasteiger partial charge in [0.25, 0.3) is 0 Å². The van der Waals surface area contributed by atoms with Crippen molar-refractivity contribution in [1.29, 1.82) is 0 Å². The SMILES string of the molecule is Cc1ccccc1/C=N/Nc1cc(Cl)cc(Cl)c1. The van der Waals surface area contributed by atoms with Gasteiger partial charge in [0.2, 0.25) is 0 Å². The van der Waals surface area contributed by atoms with Gasteiger partial charge in [-0.3, -0.25) is 5.43 Å². The fourth-order valence-electron chi connectivity index (χ4n) is 1.53. The first kappa shape index (κ1) is 12.9. The summed E-state index contributed by atoms with van der Waals surface area (Å²) in [5, 5.41) is 5.32. The molecule has 2 aromatic rings. The Kier molecular flexibility index (Phi) is 4.24. The number of halogens is 2. The Hall–Kier alpha value is -1.51. The summed E-state index contributed by atoms with van der Waals surface area (Å²) in [6.45, 7) is 2.04. The van der Waals surface area contributed by atoms with Gasteiger partial charge < -0.3 is 0 Å². The van der Waals surface area contributed by atoms with Crippen LogP contribution in [-0.4, -0.2) is 6.21 Å². The van der Waals surface area contributed by atoms with Gasteiger partial charge in [-0.15, -0.1) is 0 Å². The summed E-state index contributed by atoms with van der Waals surface area (Å²) in [6.07, 6.45) is 1.77. The smallest absolute Gasteiger partial charge is 0.0591 e. The van der Waals surface area contributed by atoms with Gasteiger partial charge in [-0.1, -0.05) is 47.5 Å². The van der Waals surface area contributed by atoms with Crippen LogP contribution < -0.4 is 5.43 Å². The van der Waals surface area contributed by atoms with E-state index in [1.54, 1.807) is 24.4 Å². The summed E-state index contributed by atoms with van der Waals surface area (Å²) in [5.41, 5.74) is 5.91. The van der Waals surface area contributed by atoms with E-state index in [2.05, 4.69) is 10.5 Å². The maximum absolute atomic E-state index is 5.89. The Balaban J connectivity index is 2.10. The molecule has 1 N–H and O–H groups in total. The molecule has 2 rings (SSSR count). The van der Waals surface area contributed by atoms with Gasteiger partial charge >= 0.3 is 0 Å².